The van der Waals surface area contributed by atoms with E-state index in [-0.39, 0.29) is 11.2 Å². The van der Waals surface area contributed by atoms with Gasteiger partial charge in [-0.3, -0.25) is 0 Å². The van der Waals surface area contributed by atoms with Crippen molar-refractivity contribution in [2.24, 2.45) is 0 Å². The van der Waals surface area contributed by atoms with Crippen LogP contribution >= 0.6 is 11.8 Å². The Labute approximate surface area is 98.1 Å². The molecule has 0 N–H and O–H groups in total. The van der Waals surface area contributed by atoms with Gasteiger partial charge in [0, 0.05) is 13.7 Å². The average Bonchev–Trinajstić information content (AvgIpc) is 2.71. The fourth-order valence-corrected chi connectivity index (χ4v) is 3.35. The lowest BCUT2D eigenvalue weighted by atomic mass is 9.82. The van der Waals surface area contributed by atoms with Crippen LogP contribution in [0.1, 0.15) is 40.5 Å². The molecule has 2 nitrogen and oxygen atoms in total. The van der Waals surface area contributed by atoms with Gasteiger partial charge in [-0.05, 0) is 46.3 Å². The van der Waals surface area contributed by atoms with Crippen LogP contribution < -0.4 is 0 Å². The summed E-state index contributed by atoms with van der Waals surface area (Å²) in [7, 11) is 1.76. The van der Waals surface area contributed by atoms with Crippen molar-refractivity contribution in [3.63, 3.8) is 0 Å². The molecular weight excluding hydrogens is 208 g/mol. The van der Waals surface area contributed by atoms with Crippen molar-refractivity contribution in [3.05, 3.63) is 5.25 Å². The topological polar surface area (TPSA) is 18.5 Å². The van der Waals surface area contributed by atoms with E-state index < -0.39 is 0 Å². The molecule has 0 amide bonds. The van der Waals surface area contributed by atoms with Crippen molar-refractivity contribution in [2.75, 3.05) is 19.5 Å². The zero-order chi connectivity index (χ0) is 11.5. The highest BCUT2D eigenvalue weighted by atomic mass is 32.2. The lowest BCUT2D eigenvalue weighted by molar-refractivity contribution is -0.156. The smallest absolute Gasteiger partial charge is 0.110 e. The van der Waals surface area contributed by atoms with Crippen LogP contribution in [0.15, 0.2) is 0 Å². The first-order valence-corrected chi connectivity index (χ1v) is 6.64. The molecule has 0 spiro atoms. The van der Waals surface area contributed by atoms with Gasteiger partial charge in [-0.2, -0.15) is 11.8 Å². The van der Waals surface area contributed by atoms with Gasteiger partial charge in [-0.15, -0.1) is 0 Å². The molecule has 0 bridgehead atoms. The number of hydrogen-bond donors (Lipinski definition) is 0. The van der Waals surface area contributed by atoms with Gasteiger partial charge in [0.25, 0.3) is 0 Å². The lowest BCUT2D eigenvalue weighted by Gasteiger charge is -2.45. The number of rotatable bonds is 5. The zero-order valence-corrected chi connectivity index (χ0v) is 11.4. The van der Waals surface area contributed by atoms with Gasteiger partial charge in [0.1, 0.15) is 5.60 Å². The van der Waals surface area contributed by atoms with E-state index in [0.717, 1.165) is 13.0 Å². The maximum atomic E-state index is 5.99. The van der Waals surface area contributed by atoms with Gasteiger partial charge >= 0.3 is 0 Å². The van der Waals surface area contributed by atoms with Gasteiger partial charge < -0.3 is 9.47 Å². The van der Waals surface area contributed by atoms with Crippen molar-refractivity contribution in [3.8, 4) is 0 Å². The van der Waals surface area contributed by atoms with E-state index in [1.165, 1.54) is 17.4 Å². The molecule has 0 aromatic rings. The van der Waals surface area contributed by atoms with Crippen LogP contribution in [0.3, 0.4) is 0 Å². The molecular formula is C12H23O2S. The monoisotopic (exact) mass is 231 g/mol. The molecule has 0 saturated carbocycles. The highest BCUT2D eigenvalue weighted by Crippen LogP contribution is 2.49. The summed E-state index contributed by atoms with van der Waals surface area (Å²) in [6.07, 6.45) is 2.43. The summed E-state index contributed by atoms with van der Waals surface area (Å²) in [5, 5.41) is 1.44. The van der Waals surface area contributed by atoms with Gasteiger partial charge in [0.15, 0.2) is 0 Å². The number of hydrogen-bond acceptors (Lipinski definition) is 3. The molecule has 1 aliphatic rings. The Kier molecular flexibility index (Phi) is 4.50. The Balaban J connectivity index is 2.85. The molecule has 1 fully saturated rings. The van der Waals surface area contributed by atoms with Crippen LogP contribution in [-0.2, 0) is 9.47 Å². The molecule has 1 aliphatic heterocycles. The third-order valence-electron chi connectivity index (χ3n) is 3.45. The summed E-state index contributed by atoms with van der Waals surface area (Å²) >= 11 is 1.94. The Morgan fingerprint density at radius 1 is 1.33 bits per heavy atom. The first kappa shape index (κ1) is 13.3. The van der Waals surface area contributed by atoms with Crippen LogP contribution in [0.5, 0.6) is 0 Å². The van der Waals surface area contributed by atoms with Gasteiger partial charge in [-0.1, -0.05) is 0 Å². The largest absolute Gasteiger partial charge is 0.376 e. The Bertz CT molecular complexity index is 200. The van der Waals surface area contributed by atoms with E-state index in [0.29, 0.717) is 0 Å². The van der Waals surface area contributed by atoms with Crippen LogP contribution in [-0.4, -0.2) is 30.7 Å². The summed E-state index contributed by atoms with van der Waals surface area (Å²) in [5.41, 5.74) is -0.534. The molecule has 89 valence electrons. The molecule has 0 aromatic carbocycles. The number of ether oxygens (including phenoxy) is 2. The van der Waals surface area contributed by atoms with Crippen molar-refractivity contribution in [1.82, 2.24) is 0 Å². The summed E-state index contributed by atoms with van der Waals surface area (Å²) in [6.45, 7) is 9.15. The van der Waals surface area contributed by atoms with E-state index in [9.17, 15) is 0 Å². The third kappa shape index (κ3) is 2.51. The van der Waals surface area contributed by atoms with E-state index in [2.05, 4.69) is 20.8 Å². The van der Waals surface area contributed by atoms with Gasteiger partial charge in [0.2, 0.25) is 0 Å². The first-order valence-electron chi connectivity index (χ1n) is 5.66. The van der Waals surface area contributed by atoms with E-state index in [1.54, 1.807) is 7.11 Å². The predicted octanol–water partition coefficient (Wildman–Crippen LogP) is 3.27. The minimum Gasteiger partial charge on any atom is -0.376 e. The Morgan fingerprint density at radius 3 is 2.40 bits per heavy atom. The third-order valence-corrected chi connectivity index (χ3v) is 4.88. The number of thioether (sulfide) groups is 1. The van der Waals surface area contributed by atoms with E-state index in [4.69, 9.17) is 9.47 Å². The lowest BCUT2D eigenvalue weighted by Crippen LogP contribution is -2.54. The highest BCUT2D eigenvalue weighted by molar-refractivity contribution is 8.02. The van der Waals surface area contributed by atoms with Crippen molar-refractivity contribution in [1.29, 1.82) is 0 Å². The second kappa shape index (κ2) is 5.07. The van der Waals surface area contributed by atoms with Crippen LogP contribution in [0.25, 0.3) is 0 Å². The van der Waals surface area contributed by atoms with Gasteiger partial charge in [-0.25, -0.2) is 0 Å². The summed E-state index contributed by atoms with van der Waals surface area (Å²) < 4.78 is 11.6. The molecule has 1 radical (unpaired) electrons. The normalized spacial score (nSPS) is 23.0. The molecule has 15 heavy (non-hydrogen) atoms. The molecule has 1 rings (SSSR count). The maximum absolute atomic E-state index is 5.99. The minimum atomic E-state index is -0.268. The molecule has 0 aliphatic carbocycles. The van der Waals surface area contributed by atoms with Crippen LogP contribution in [0, 0.1) is 5.25 Å². The van der Waals surface area contributed by atoms with E-state index in [1.807, 2.05) is 18.7 Å². The van der Waals surface area contributed by atoms with Crippen molar-refractivity contribution < 1.29 is 9.47 Å². The Hall–Kier alpha value is 0.270. The minimum absolute atomic E-state index is 0.266. The average molecular weight is 231 g/mol. The fourth-order valence-electron chi connectivity index (χ4n) is 1.95. The van der Waals surface area contributed by atoms with Crippen LogP contribution in [0.4, 0.5) is 0 Å². The second-order valence-electron chi connectivity index (χ2n) is 4.56. The molecule has 1 unspecified atom stereocenters. The summed E-state index contributed by atoms with van der Waals surface area (Å²) in [6, 6.07) is 0. The Morgan fingerprint density at radius 2 is 2.00 bits per heavy atom. The first-order chi connectivity index (χ1) is 6.98. The molecule has 0 aromatic heterocycles. The summed E-state index contributed by atoms with van der Waals surface area (Å²) in [5.74, 6) is 1.22. The second-order valence-corrected chi connectivity index (χ2v) is 5.75. The predicted molar refractivity (Wildman–Crippen MR) is 66.1 cm³/mol. The maximum Gasteiger partial charge on any atom is 0.110 e. The highest BCUT2D eigenvalue weighted by Gasteiger charge is 2.50. The summed E-state index contributed by atoms with van der Waals surface area (Å²) in [4.78, 5) is 0. The number of methoxy groups -OCH3 is 1. The SMILES string of the molecule is CCOC(C)([C]1CCCS1)C(C)(C)OC. The molecule has 1 heterocycles. The van der Waals surface area contributed by atoms with Gasteiger partial charge in [0.05, 0.1) is 10.9 Å². The fraction of sp³-hybridized carbons (Fsp3) is 0.917. The standard InChI is InChI=1S/C12H23O2S/c1-6-14-12(4,11(2,3)13-5)10-8-7-9-15-10/h6-9H2,1-5H3. The van der Waals surface area contributed by atoms with Crippen molar-refractivity contribution >= 4 is 11.8 Å². The molecule has 1 saturated heterocycles. The molecule has 3 heteroatoms. The van der Waals surface area contributed by atoms with Crippen LogP contribution in [0.2, 0.25) is 0 Å². The van der Waals surface area contributed by atoms with E-state index >= 15 is 0 Å². The zero-order valence-electron chi connectivity index (χ0n) is 10.6. The molecule has 1 atom stereocenters. The quantitative estimate of drug-likeness (QED) is 0.723. The van der Waals surface area contributed by atoms with Crippen molar-refractivity contribution in [2.45, 2.75) is 51.7 Å².